The summed E-state index contributed by atoms with van der Waals surface area (Å²) < 4.78 is 26.6. The number of Topliss-reactive ketones (excluding diaryl/α,β-unsaturated/α-hetero) is 1. The maximum atomic E-state index is 13.3. The molecule has 0 aliphatic carbocycles. The van der Waals surface area contributed by atoms with Crippen molar-refractivity contribution in [2.24, 2.45) is 0 Å². The van der Waals surface area contributed by atoms with E-state index in [1.807, 2.05) is 0 Å². The van der Waals surface area contributed by atoms with Crippen molar-refractivity contribution in [2.75, 3.05) is 0 Å². The molecule has 1 heterocycles. The molecule has 1 aromatic carbocycles. The van der Waals surface area contributed by atoms with E-state index in [9.17, 15) is 13.6 Å². The zero-order valence-electron chi connectivity index (χ0n) is 8.73. The lowest BCUT2D eigenvalue weighted by Gasteiger charge is -2.03. The molecule has 0 amide bonds. The molecule has 0 bridgehead atoms. The molecule has 0 aliphatic heterocycles. The van der Waals surface area contributed by atoms with Gasteiger partial charge >= 0.3 is 0 Å². The quantitative estimate of drug-likeness (QED) is 0.764. The largest absolute Gasteiger partial charge is 0.290 e. The third kappa shape index (κ3) is 2.50. The monoisotopic (exact) mass is 234 g/mol. The Kier molecular flexibility index (Phi) is 3.18. The number of ketones is 1. The second-order valence-electron chi connectivity index (χ2n) is 3.37. The van der Waals surface area contributed by atoms with Gasteiger partial charge in [-0.15, -0.1) is 0 Å². The van der Waals surface area contributed by atoms with E-state index in [0.717, 1.165) is 12.1 Å². The minimum Gasteiger partial charge on any atom is -0.290 e. The van der Waals surface area contributed by atoms with Crippen molar-refractivity contribution in [2.45, 2.75) is 6.42 Å². The van der Waals surface area contributed by atoms with Crippen molar-refractivity contribution < 1.29 is 13.6 Å². The summed E-state index contributed by atoms with van der Waals surface area (Å²) in [7, 11) is 0. The summed E-state index contributed by atoms with van der Waals surface area (Å²) in [6.07, 6.45) is 2.42. The van der Waals surface area contributed by atoms with Crippen LogP contribution in [0.4, 0.5) is 8.78 Å². The van der Waals surface area contributed by atoms with E-state index in [1.54, 1.807) is 6.07 Å². The molecule has 17 heavy (non-hydrogen) atoms. The highest BCUT2D eigenvalue weighted by Gasteiger charge is 2.15. The van der Waals surface area contributed by atoms with Gasteiger partial charge in [0.05, 0.1) is 0 Å². The molecule has 0 N–H and O–H groups in total. The summed E-state index contributed by atoms with van der Waals surface area (Å²) in [5, 5.41) is 0. The third-order valence-electron chi connectivity index (χ3n) is 2.21. The number of benzene rings is 1. The Morgan fingerprint density at radius 3 is 2.24 bits per heavy atom. The number of carbonyl (C=O) groups is 1. The Balaban J connectivity index is 2.25. The normalized spacial score (nSPS) is 10.2. The first-order valence-corrected chi connectivity index (χ1v) is 4.91. The van der Waals surface area contributed by atoms with Gasteiger partial charge < -0.3 is 0 Å². The van der Waals surface area contributed by atoms with Gasteiger partial charge in [0.15, 0.2) is 5.82 Å². The van der Waals surface area contributed by atoms with Crippen LogP contribution >= 0.6 is 0 Å². The van der Waals surface area contributed by atoms with Crippen molar-refractivity contribution in [1.29, 1.82) is 0 Å². The molecule has 2 rings (SSSR count). The van der Waals surface area contributed by atoms with E-state index in [1.165, 1.54) is 18.5 Å². The van der Waals surface area contributed by atoms with Crippen LogP contribution < -0.4 is 0 Å². The molecule has 0 radical (unpaired) electrons. The number of nitrogens with zero attached hydrogens (tertiary/aromatic N) is 2. The number of carbonyl (C=O) groups excluding carboxylic acids is 1. The van der Waals surface area contributed by atoms with Crippen LogP contribution in [0.3, 0.4) is 0 Å². The Morgan fingerprint density at radius 2 is 1.65 bits per heavy atom. The van der Waals surface area contributed by atoms with Crippen molar-refractivity contribution in [3.05, 3.63) is 59.7 Å². The zero-order chi connectivity index (χ0) is 12.3. The van der Waals surface area contributed by atoms with Gasteiger partial charge in [-0.25, -0.2) is 18.7 Å². The van der Waals surface area contributed by atoms with Crippen molar-refractivity contribution in [3.8, 4) is 0 Å². The van der Waals surface area contributed by atoms with Crippen LogP contribution in [0.25, 0.3) is 0 Å². The summed E-state index contributed by atoms with van der Waals surface area (Å²) in [6, 6.07) is 5.02. The lowest BCUT2D eigenvalue weighted by Crippen LogP contribution is -2.10. The fourth-order valence-electron chi connectivity index (χ4n) is 1.38. The summed E-state index contributed by atoms with van der Waals surface area (Å²) in [5.41, 5.74) is -0.259. The Morgan fingerprint density at radius 1 is 1.06 bits per heavy atom. The van der Waals surface area contributed by atoms with E-state index in [2.05, 4.69) is 9.97 Å². The molecule has 86 valence electrons. The summed E-state index contributed by atoms with van der Waals surface area (Å²) in [5.74, 6) is -2.05. The van der Waals surface area contributed by atoms with Gasteiger partial charge in [0, 0.05) is 24.4 Å². The number of hydrogen-bond donors (Lipinski definition) is 0. The highest BCUT2D eigenvalue weighted by Crippen LogP contribution is 2.13. The van der Waals surface area contributed by atoms with Crippen LogP contribution in [-0.4, -0.2) is 15.8 Å². The average molecular weight is 234 g/mol. The van der Waals surface area contributed by atoms with Crippen molar-refractivity contribution in [3.63, 3.8) is 0 Å². The van der Waals surface area contributed by atoms with Gasteiger partial charge in [-0.05, 0) is 18.2 Å². The molecular weight excluding hydrogens is 226 g/mol. The molecule has 1 aromatic heterocycles. The number of aromatic nitrogens is 2. The van der Waals surface area contributed by atoms with Crippen LogP contribution in [-0.2, 0) is 6.42 Å². The average Bonchev–Trinajstić information content (AvgIpc) is 2.35. The fourth-order valence-corrected chi connectivity index (χ4v) is 1.38. The number of rotatable bonds is 3. The lowest BCUT2D eigenvalue weighted by atomic mass is 10.1. The van der Waals surface area contributed by atoms with Crippen molar-refractivity contribution in [1.82, 2.24) is 9.97 Å². The first-order valence-electron chi connectivity index (χ1n) is 4.91. The number of halogens is 2. The van der Waals surface area contributed by atoms with Crippen LogP contribution in [0.2, 0.25) is 0 Å². The predicted octanol–water partition coefficient (Wildman–Crippen LogP) is 2.18. The van der Waals surface area contributed by atoms with E-state index >= 15 is 0 Å². The maximum absolute atomic E-state index is 13.3. The second kappa shape index (κ2) is 4.78. The second-order valence-corrected chi connectivity index (χ2v) is 3.37. The van der Waals surface area contributed by atoms with Crippen LogP contribution in [0.15, 0.2) is 36.7 Å². The first-order chi connectivity index (χ1) is 8.18. The molecule has 2 aromatic rings. The summed E-state index contributed by atoms with van der Waals surface area (Å²) >= 11 is 0. The van der Waals surface area contributed by atoms with Crippen LogP contribution in [0.5, 0.6) is 0 Å². The molecule has 0 aliphatic rings. The van der Waals surface area contributed by atoms with Gasteiger partial charge in [0.1, 0.15) is 11.6 Å². The molecular formula is C12H8F2N2O. The van der Waals surface area contributed by atoms with Crippen LogP contribution in [0, 0.1) is 11.6 Å². The van der Waals surface area contributed by atoms with Gasteiger partial charge in [0.2, 0.25) is 5.78 Å². The predicted molar refractivity (Wildman–Crippen MR) is 56.4 cm³/mol. The zero-order valence-corrected chi connectivity index (χ0v) is 8.73. The molecule has 0 atom stereocenters. The molecule has 0 spiro atoms. The molecule has 0 saturated heterocycles. The molecule has 5 heteroatoms. The van der Waals surface area contributed by atoms with Gasteiger partial charge in [0.25, 0.3) is 0 Å². The molecule has 0 saturated carbocycles. The highest BCUT2D eigenvalue weighted by atomic mass is 19.1. The molecule has 0 fully saturated rings. The highest BCUT2D eigenvalue weighted by molar-refractivity contribution is 5.94. The van der Waals surface area contributed by atoms with E-state index in [-0.39, 0.29) is 17.8 Å². The maximum Gasteiger partial charge on any atom is 0.204 e. The topological polar surface area (TPSA) is 42.9 Å². The summed E-state index contributed by atoms with van der Waals surface area (Å²) in [6.45, 7) is 0. The van der Waals surface area contributed by atoms with Gasteiger partial charge in [-0.3, -0.25) is 4.79 Å². The molecule has 3 nitrogen and oxygen atoms in total. The van der Waals surface area contributed by atoms with E-state index in [0.29, 0.717) is 0 Å². The molecule has 0 unspecified atom stereocenters. The minimum atomic E-state index is -0.741. The first kappa shape index (κ1) is 11.3. The Hall–Kier alpha value is -2.17. The third-order valence-corrected chi connectivity index (χ3v) is 2.21. The van der Waals surface area contributed by atoms with Crippen LogP contribution in [0.1, 0.15) is 16.2 Å². The minimum absolute atomic E-state index is 0.0462. The fraction of sp³-hybridized carbons (Fsp3) is 0.0833. The Labute approximate surface area is 96.2 Å². The van der Waals surface area contributed by atoms with Gasteiger partial charge in [-0.1, -0.05) is 6.07 Å². The smallest absolute Gasteiger partial charge is 0.204 e. The Bertz CT molecular complexity index is 523. The van der Waals surface area contributed by atoms with E-state index < -0.39 is 17.4 Å². The van der Waals surface area contributed by atoms with Gasteiger partial charge in [-0.2, -0.15) is 0 Å². The standard InChI is InChI=1S/C12H8F2N2O/c13-9-3-1-4-10(14)8(9)7-11(17)12-15-5-2-6-16-12/h1-6H,7H2. The SMILES string of the molecule is O=C(Cc1c(F)cccc1F)c1ncccn1. The number of hydrogen-bond acceptors (Lipinski definition) is 3. The lowest BCUT2D eigenvalue weighted by molar-refractivity contribution is 0.0980. The van der Waals surface area contributed by atoms with E-state index in [4.69, 9.17) is 0 Å². The van der Waals surface area contributed by atoms with Crippen molar-refractivity contribution >= 4 is 5.78 Å². The summed E-state index contributed by atoms with van der Waals surface area (Å²) in [4.78, 5) is 19.1.